The molecule has 13 heteroatoms. The molecule has 1 fully saturated rings. The number of hydrogen-bond donors (Lipinski definition) is 7. The Balaban J connectivity index is 0.00000348. The Morgan fingerprint density at radius 3 is 2.30 bits per heavy atom. The number of aliphatic hydroxyl groups excluding tert-OH is 1. The monoisotopic (exact) mass is 803 g/mol. The normalized spacial score (nSPS) is 16.2. The summed E-state index contributed by atoms with van der Waals surface area (Å²) in [7, 11) is 0. The van der Waals surface area contributed by atoms with Gasteiger partial charge in [0.25, 0.3) is 0 Å². The molecule has 0 aliphatic heterocycles. The minimum absolute atomic E-state index is 0. The van der Waals surface area contributed by atoms with Crippen LogP contribution in [0, 0.1) is 0 Å². The van der Waals surface area contributed by atoms with Crippen LogP contribution >= 0.6 is 24.8 Å². The van der Waals surface area contributed by atoms with Gasteiger partial charge in [0.05, 0.1) is 17.3 Å². The van der Waals surface area contributed by atoms with Crippen LogP contribution in [0.5, 0.6) is 5.75 Å². The lowest BCUT2D eigenvalue weighted by atomic mass is 9.89. The fraction of sp³-hybridized carbons (Fsp3) is 0.326. The van der Waals surface area contributed by atoms with E-state index in [0.29, 0.717) is 53.5 Å². The van der Waals surface area contributed by atoms with Crippen molar-refractivity contribution < 1.29 is 24.9 Å². The number of anilines is 2. The van der Waals surface area contributed by atoms with E-state index in [1.54, 1.807) is 12.1 Å². The zero-order chi connectivity index (χ0) is 38.2. The molecule has 8 N–H and O–H groups in total. The SMILES string of the molecule is CC(Cc1ccc(NC(=O)CCCc2ccc(-c3ccccc3)c(N(C(=O)O)[C@H]3CC[C@H](N)CC3)c2)cc1)NC[C@H](O)c1ccc(O)c2[nH]c(=O)ccc12.Cl.Cl. The number of carboxylic acid groups (broad SMARTS) is 1. The lowest BCUT2D eigenvalue weighted by Gasteiger charge is -2.35. The minimum Gasteiger partial charge on any atom is -0.506 e. The molecule has 2 amide bonds. The van der Waals surface area contributed by atoms with Crippen molar-refractivity contribution in [1.82, 2.24) is 10.3 Å². The zero-order valence-electron chi connectivity index (χ0n) is 31.3. The summed E-state index contributed by atoms with van der Waals surface area (Å²) in [5, 5.41) is 38.4. The van der Waals surface area contributed by atoms with Crippen molar-refractivity contribution in [3.05, 3.63) is 124 Å². The van der Waals surface area contributed by atoms with Gasteiger partial charge in [-0.2, -0.15) is 0 Å². The number of phenols is 1. The van der Waals surface area contributed by atoms with Gasteiger partial charge in [0, 0.05) is 53.8 Å². The number of hydrogen-bond acceptors (Lipinski definition) is 7. The first-order chi connectivity index (χ1) is 26.0. The van der Waals surface area contributed by atoms with Crippen molar-refractivity contribution >= 4 is 59.1 Å². The fourth-order valence-corrected chi connectivity index (χ4v) is 7.41. The second kappa shape index (κ2) is 20.3. The van der Waals surface area contributed by atoms with E-state index < -0.39 is 12.2 Å². The molecule has 0 radical (unpaired) electrons. The molecule has 4 aromatic carbocycles. The molecule has 1 aliphatic rings. The highest BCUT2D eigenvalue weighted by Crippen LogP contribution is 2.36. The van der Waals surface area contributed by atoms with Gasteiger partial charge < -0.3 is 36.7 Å². The summed E-state index contributed by atoms with van der Waals surface area (Å²) in [5.41, 5.74) is 11.9. The predicted molar refractivity (Wildman–Crippen MR) is 227 cm³/mol. The number of aromatic amines is 1. The Kier molecular flexibility index (Phi) is 15.9. The van der Waals surface area contributed by atoms with E-state index in [4.69, 9.17) is 5.73 Å². The average molecular weight is 805 g/mol. The van der Waals surface area contributed by atoms with Crippen LogP contribution in [-0.2, 0) is 17.6 Å². The maximum Gasteiger partial charge on any atom is 0.412 e. The number of aliphatic hydroxyl groups is 1. The molecule has 56 heavy (non-hydrogen) atoms. The molecule has 5 aromatic rings. The highest BCUT2D eigenvalue weighted by Gasteiger charge is 2.30. The van der Waals surface area contributed by atoms with E-state index in [9.17, 15) is 29.7 Å². The molecule has 1 unspecified atom stereocenters. The molecule has 6 rings (SSSR count). The van der Waals surface area contributed by atoms with Gasteiger partial charge in [-0.05, 0) is 104 Å². The zero-order valence-corrected chi connectivity index (χ0v) is 33.0. The van der Waals surface area contributed by atoms with Gasteiger partial charge in [-0.15, -0.1) is 24.8 Å². The first-order valence-corrected chi connectivity index (χ1v) is 18.7. The standard InChI is InChI=1S/C43H49N5O6.2ClH/c1-27(45-26-39(50)35-20-22-38(49)42-36(35)21-23-41(52)47-42)24-29-10-15-32(16-11-29)46-40(51)9-5-6-28-12-19-34(30-7-3-2-4-8-30)37(25-28)48(43(53)54)33-17-13-31(44)14-18-33;;/h2-4,7-8,10-12,15-16,19-23,25,27,31,33,39,45,49-50H,5-6,9,13-14,17-18,24,26,44H2,1H3,(H,46,51)(H,47,52)(H,53,54);2*1H/t27?,31-,33-,39-;;/m0../s1. The van der Waals surface area contributed by atoms with Crippen molar-refractivity contribution in [2.24, 2.45) is 5.73 Å². The number of aromatic hydroxyl groups is 1. The predicted octanol–water partition coefficient (Wildman–Crippen LogP) is 7.71. The number of benzene rings is 4. The van der Waals surface area contributed by atoms with E-state index in [1.165, 1.54) is 17.0 Å². The summed E-state index contributed by atoms with van der Waals surface area (Å²) in [6, 6.07) is 29.6. The summed E-state index contributed by atoms with van der Waals surface area (Å²) < 4.78 is 0. The number of carbonyl (C=O) groups is 2. The molecule has 1 saturated carbocycles. The Hall–Kier alpha value is -4.91. The second-order valence-electron chi connectivity index (χ2n) is 14.4. The number of phenolic OH excluding ortho intramolecular Hbond substituents is 1. The van der Waals surface area contributed by atoms with Gasteiger partial charge in [0.15, 0.2) is 0 Å². The number of H-pyrrole nitrogens is 1. The van der Waals surface area contributed by atoms with E-state index in [-0.39, 0.29) is 66.7 Å². The molecule has 1 aromatic heterocycles. The number of aryl methyl sites for hydroxylation is 1. The number of nitrogens with one attached hydrogen (secondary N) is 3. The molecule has 1 aliphatic carbocycles. The van der Waals surface area contributed by atoms with Crippen LogP contribution in [0.15, 0.2) is 102 Å². The molecule has 0 saturated heterocycles. The molecule has 2 atom stereocenters. The highest BCUT2D eigenvalue weighted by atomic mass is 35.5. The first kappa shape index (κ1) is 43.8. The lowest BCUT2D eigenvalue weighted by Crippen LogP contribution is -2.44. The topological polar surface area (TPSA) is 181 Å². The number of nitrogens with two attached hydrogens (primary N) is 1. The van der Waals surface area contributed by atoms with E-state index >= 15 is 0 Å². The largest absolute Gasteiger partial charge is 0.506 e. The van der Waals surface area contributed by atoms with Gasteiger partial charge in [-0.3, -0.25) is 14.5 Å². The van der Waals surface area contributed by atoms with Crippen LogP contribution in [0.4, 0.5) is 16.2 Å². The van der Waals surface area contributed by atoms with Crippen LogP contribution in [0.1, 0.15) is 68.2 Å². The Labute approximate surface area is 339 Å². The number of pyridine rings is 1. The third-order valence-electron chi connectivity index (χ3n) is 10.3. The van der Waals surface area contributed by atoms with Gasteiger partial charge in [-0.25, -0.2) is 4.79 Å². The smallest absolute Gasteiger partial charge is 0.412 e. The molecule has 0 bridgehead atoms. The second-order valence-corrected chi connectivity index (χ2v) is 14.4. The Morgan fingerprint density at radius 2 is 1.61 bits per heavy atom. The third-order valence-corrected chi connectivity index (χ3v) is 10.3. The van der Waals surface area contributed by atoms with Crippen molar-refractivity contribution in [2.45, 2.75) is 82.5 Å². The Morgan fingerprint density at radius 1 is 0.911 bits per heavy atom. The summed E-state index contributed by atoms with van der Waals surface area (Å²) in [4.78, 5) is 41.5. The lowest BCUT2D eigenvalue weighted by molar-refractivity contribution is -0.116. The summed E-state index contributed by atoms with van der Waals surface area (Å²) in [6.45, 7) is 2.30. The minimum atomic E-state index is -0.973. The van der Waals surface area contributed by atoms with Crippen LogP contribution in [0.3, 0.4) is 0 Å². The van der Waals surface area contributed by atoms with E-state index in [0.717, 1.165) is 47.9 Å². The molecule has 1 heterocycles. The molecule has 298 valence electrons. The van der Waals surface area contributed by atoms with Crippen molar-refractivity contribution in [3.8, 4) is 16.9 Å². The maximum absolute atomic E-state index is 12.9. The summed E-state index contributed by atoms with van der Waals surface area (Å²) in [6.07, 6.45) is 3.44. The van der Waals surface area contributed by atoms with Gasteiger partial charge >= 0.3 is 6.09 Å². The number of rotatable bonds is 14. The van der Waals surface area contributed by atoms with Gasteiger partial charge in [0.1, 0.15) is 5.75 Å². The van der Waals surface area contributed by atoms with Gasteiger partial charge in [0.2, 0.25) is 11.5 Å². The van der Waals surface area contributed by atoms with Crippen molar-refractivity contribution in [3.63, 3.8) is 0 Å². The van der Waals surface area contributed by atoms with Crippen LogP contribution in [0.2, 0.25) is 0 Å². The van der Waals surface area contributed by atoms with Crippen molar-refractivity contribution in [2.75, 3.05) is 16.8 Å². The third kappa shape index (κ3) is 11.1. The maximum atomic E-state index is 12.9. The van der Waals surface area contributed by atoms with Gasteiger partial charge in [-0.1, -0.05) is 60.7 Å². The van der Waals surface area contributed by atoms with Crippen LogP contribution < -0.4 is 26.8 Å². The first-order valence-electron chi connectivity index (χ1n) is 18.7. The summed E-state index contributed by atoms with van der Waals surface area (Å²) >= 11 is 0. The average Bonchev–Trinajstić information content (AvgIpc) is 3.16. The number of fused-ring (bicyclic) bond motifs is 1. The number of carbonyl (C=O) groups excluding carboxylic acids is 1. The number of nitrogens with zero attached hydrogens (tertiary/aromatic N) is 1. The highest BCUT2D eigenvalue weighted by molar-refractivity contribution is 5.94. The number of aromatic nitrogens is 1. The van der Waals surface area contributed by atoms with E-state index in [1.807, 2.05) is 79.7 Å². The molecular weight excluding hydrogens is 753 g/mol. The molecular formula is C43H51Cl2N5O6. The fourth-order valence-electron chi connectivity index (χ4n) is 7.41. The van der Waals surface area contributed by atoms with Crippen LogP contribution in [0.25, 0.3) is 22.0 Å². The number of halogens is 2. The molecule has 0 spiro atoms. The molecule has 11 nitrogen and oxygen atoms in total. The summed E-state index contributed by atoms with van der Waals surface area (Å²) in [5.74, 6) is -0.144. The van der Waals surface area contributed by atoms with Crippen LogP contribution in [-0.4, -0.2) is 57.0 Å². The quantitative estimate of drug-likeness (QED) is 0.0596. The Bertz CT molecular complexity index is 2120. The number of amides is 2. The van der Waals surface area contributed by atoms with E-state index in [2.05, 4.69) is 15.6 Å². The van der Waals surface area contributed by atoms with Crippen molar-refractivity contribution in [1.29, 1.82) is 0 Å².